The number of ether oxygens (including phenoxy) is 2. The van der Waals surface area contributed by atoms with E-state index in [1.54, 1.807) is 0 Å². The Morgan fingerprint density at radius 2 is 1.04 bits per heavy atom. The fraction of sp³-hybridized carbons (Fsp3) is 0.927. The summed E-state index contributed by atoms with van der Waals surface area (Å²) in [5.41, 5.74) is 0. The standard InChI is InChI=1S/C41H81O9P/c1-3-5-7-9-11-13-15-16-17-18-19-20-21-22-23-25-27-29-31-33-41(44)50-40(38-49-51(45,46)48-36-39(43)35-42)37-47-34-32-30-28-26-24-14-12-10-8-6-4-2/h8,10,39-40,42-43H,3-7,9,11-38H2,1-2H3,(H,45,46)/b10-8-. The highest BCUT2D eigenvalue weighted by Crippen LogP contribution is 2.43. The van der Waals surface area contributed by atoms with Gasteiger partial charge in [-0.3, -0.25) is 13.8 Å². The van der Waals surface area contributed by atoms with Gasteiger partial charge in [-0.1, -0.05) is 174 Å². The van der Waals surface area contributed by atoms with E-state index in [0.29, 0.717) is 6.61 Å². The molecule has 0 aliphatic heterocycles. The average molecular weight is 749 g/mol. The summed E-state index contributed by atoms with van der Waals surface area (Å²) in [6.07, 6.45) is 37.4. The van der Waals surface area contributed by atoms with Crippen LogP contribution in [0.15, 0.2) is 12.2 Å². The van der Waals surface area contributed by atoms with Crippen molar-refractivity contribution in [3.63, 3.8) is 0 Å². The van der Waals surface area contributed by atoms with E-state index in [-0.39, 0.29) is 25.6 Å². The van der Waals surface area contributed by atoms with E-state index in [1.807, 2.05) is 0 Å². The summed E-state index contributed by atoms with van der Waals surface area (Å²) < 4.78 is 33.3. The minimum atomic E-state index is -4.51. The van der Waals surface area contributed by atoms with Gasteiger partial charge in [0.2, 0.25) is 0 Å². The second-order valence-electron chi connectivity index (χ2n) is 14.4. The molecule has 0 radical (unpaired) electrons. The van der Waals surface area contributed by atoms with Crippen LogP contribution in [0.5, 0.6) is 0 Å². The van der Waals surface area contributed by atoms with Crippen molar-refractivity contribution in [3.8, 4) is 0 Å². The van der Waals surface area contributed by atoms with Gasteiger partial charge in [0.05, 0.1) is 26.4 Å². The van der Waals surface area contributed by atoms with Crippen LogP contribution in [0.3, 0.4) is 0 Å². The lowest BCUT2D eigenvalue weighted by atomic mass is 10.0. The van der Waals surface area contributed by atoms with E-state index in [1.165, 1.54) is 128 Å². The van der Waals surface area contributed by atoms with Crippen molar-refractivity contribution < 1.29 is 43.0 Å². The van der Waals surface area contributed by atoms with Crippen LogP contribution in [-0.4, -0.2) is 66.3 Å². The lowest BCUT2D eigenvalue weighted by Crippen LogP contribution is -2.29. The maximum Gasteiger partial charge on any atom is 0.472 e. The number of aliphatic hydroxyl groups is 2. The molecule has 0 aromatic carbocycles. The van der Waals surface area contributed by atoms with Crippen LogP contribution in [0.1, 0.15) is 200 Å². The third kappa shape index (κ3) is 38.7. The summed E-state index contributed by atoms with van der Waals surface area (Å²) in [6.45, 7) is 3.48. The molecule has 0 fully saturated rings. The Kier molecular flexibility index (Phi) is 38.3. The number of esters is 1. The number of hydrogen-bond acceptors (Lipinski definition) is 8. The number of carbonyl (C=O) groups is 1. The molecule has 0 aliphatic carbocycles. The van der Waals surface area contributed by atoms with Crippen LogP contribution >= 0.6 is 7.82 Å². The van der Waals surface area contributed by atoms with Crippen molar-refractivity contribution in [2.75, 3.05) is 33.0 Å². The lowest BCUT2D eigenvalue weighted by molar-refractivity contribution is -0.154. The molecule has 0 heterocycles. The Morgan fingerprint density at radius 3 is 1.55 bits per heavy atom. The molecule has 10 heteroatoms. The van der Waals surface area contributed by atoms with Crippen molar-refractivity contribution in [1.82, 2.24) is 0 Å². The molecule has 0 aromatic heterocycles. The first kappa shape index (κ1) is 50.2. The van der Waals surface area contributed by atoms with E-state index in [9.17, 15) is 19.4 Å². The summed E-state index contributed by atoms with van der Waals surface area (Å²) in [6, 6.07) is 0. The second-order valence-corrected chi connectivity index (χ2v) is 15.8. The van der Waals surface area contributed by atoms with Gasteiger partial charge in [-0.25, -0.2) is 4.57 Å². The molecule has 9 nitrogen and oxygen atoms in total. The van der Waals surface area contributed by atoms with Crippen molar-refractivity contribution in [2.45, 2.75) is 212 Å². The summed E-state index contributed by atoms with van der Waals surface area (Å²) in [7, 11) is -4.51. The monoisotopic (exact) mass is 749 g/mol. The van der Waals surface area contributed by atoms with Gasteiger partial charge < -0.3 is 24.6 Å². The average Bonchev–Trinajstić information content (AvgIpc) is 3.12. The van der Waals surface area contributed by atoms with Crippen LogP contribution in [-0.2, 0) is 27.9 Å². The third-order valence-corrected chi connectivity index (χ3v) is 10.1. The molecule has 3 atom stereocenters. The van der Waals surface area contributed by atoms with Gasteiger partial charge in [0, 0.05) is 13.0 Å². The van der Waals surface area contributed by atoms with Crippen molar-refractivity contribution in [1.29, 1.82) is 0 Å². The smallest absolute Gasteiger partial charge is 0.457 e. The largest absolute Gasteiger partial charge is 0.472 e. The van der Waals surface area contributed by atoms with Gasteiger partial charge in [0.1, 0.15) is 12.2 Å². The SMILES string of the molecule is CCC/C=C\CCCCCCCCOCC(COP(=O)(O)OCC(O)CO)OC(=O)CCCCCCCCCCCCCCCCCCCCC. The van der Waals surface area contributed by atoms with Crippen LogP contribution in [0, 0.1) is 0 Å². The molecule has 0 saturated heterocycles. The van der Waals surface area contributed by atoms with Gasteiger partial charge in [-0.05, 0) is 32.1 Å². The third-order valence-electron chi connectivity index (χ3n) is 9.18. The van der Waals surface area contributed by atoms with Gasteiger partial charge in [-0.2, -0.15) is 0 Å². The predicted octanol–water partition coefficient (Wildman–Crippen LogP) is 11.3. The molecule has 0 saturated carbocycles. The molecule has 0 amide bonds. The predicted molar refractivity (Wildman–Crippen MR) is 210 cm³/mol. The molecule has 0 spiro atoms. The maximum atomic E-state index is 12.6. The van der Waals surface area contributed by atoms with Gasteiger partial charge >= 0.3 is 13.8 Å². The topological polar surface area (TPSA) is 132 Å². The molecule has 0 rings (SSSR count). The van der Waals surface area contributed by atoms with Crippen LogP contribution in [0.25, 0.3) is 0 Å². The Hall–Kier alpha value is -0.800. The highest BCUT2D eigenvalue weighted by atomic mass is 31.2. The van der Waals surface area contributed by atoms with Gasteiger partial charge in [-0.15, -0.1) is 0 Å². The fourth-order valence-corrected chi connectivity index (χ4v) is 6.74. The maximum absolute atomic E-state index is 12.6. The number of unbranched alkanes of at least 4 members (excludes halogenated alkanes) is 25. The zero-order valence-corrected chi connectivity index (χ0v) is 34.0. The Labute approximate surface area is 313 Å². The van der Waals surface area contributed by atoms with E-state index in [4.69, 9.17) is 23.6 Å². The van der Waals surface area contributed by atoms with E-state index in [2.05, 4.69) is 26.0 Å². The summed E-state index contributed by atoms with van der Waals surface area (Å²) in [4.78, 5) is 22.5. The number of hydrogen-bond donors (Lipinski definition) is 3. The second kappa shape index (κ2) is 38.9. The van der Waals surface area contributed by atoms with Crippen molar-refractivity contribution in [3.05, 3.63) is 12.2 Å². The molecule has 3 N–H and O–H groups in total. The number of phosphoric ester groups is 1. The Morgan fingerprint density at radius 1 is 0.588 bits per heavy atom. The number of aliphatic hydroxyl groups excluding tert-OH is 2. The molecule has 51 heavy (non-hydrogen) atoms. The first-order chi connectivity index (χ1) is 24.8. The number of phosphoric acid groups is 1. The van der Waals surface area contributed by atoms with Gasteiger partial charge in [0.15, 0.2) is 0 Å². The van der Waals surface area contributed by atoms with E-state index in [0.717, 1.165) is 51.4 Å². The highest BCUT2D eigenvalue weighted by Gasteiger charge is 2.26. The fourth-order valence-electron chi connectivity index (χ4n) is 5.95. The van der Waals surface area contributed by atoms with E-state index < -0.39 is 33.2 Å². The number of rotatable bonds is 41. The van der Waals surface area contributed by atoms with E-state index >= 15 is 0 Å². The first-order valence-corrected chi connectivity index (χ1v) is 22.7. The molecule has 3 unspecified atom stereocenters. The summed E-state index contributed by atoms with van der Waals surface area (Å²) in [5, 5.41) is 18.3. The quantitative estimate of drug-likeness (QED) is 0.0242. The number of carbonyl (C=O) groups excluding carboxylic acids is 1. The van der Waals surface area contributed by atoms with Crippen molar-refractivity contribution >= 4 is 13.8 Å². The molecular weight excluding hydrogens is 667 g/mol. The van der Waals surface area contributed by atoms with Crippen LogP contribution < -0.4 is 0 Å². The zero-order chi connectivity index (χ0) is 37.5. The summed E-state index contributed by atoms with van der Waals surface area (Å²) >= 11 is 0. The lowest BCUT2D eigenvalue weighted by Gasteiger charge is -2.20. The van der Waals surface area contributed by atoms with Crippen LogP contribution in [0.2, 0.25) is 0 Å². The normalized spacial score (nSPS) is 14.2. The Bertz CT molecular complexity index is 810. The molecule has 0 aliphatic rings. The minimum absolute atomic E-state index is 0.0499. The van der Waals surface area contributed by atoms with Crippen LogP contribution in [0.4, 0.5) is 0 Å². The van der Waals surface area contributed by atoms with Gasteiger partial charge in [0.25, 0.3) is 0 Å². The first-order valence-electron chi connectivity index (χ1n) is 21.2. The molecule has 0 bridgehead atoms. The van der Waals surface area contributed by atoms with Crippen molar-refractivity contribution in [2.24, 2.45) is 0 Å². The Balaban J connectivity index is 4.09. The summed E-state index contributed by atoms with van der Waals surface area (Å²) in [5.74, 6) is -0.381. The molecule has 304 valence electrons. The molecular formula is C41H81O9P. The zero-order valence-electron chi connectivity index (χ0n) is 33.1. The molecule has 0 aromatic rings. The number of allylic oxidation sites excluding steroid dienone is 2. The minimum Gasteiger partial charge on any atom is -0.457 e. The highest BCUT2D eigenvalue weighted by molar-refractivity contribution is 7.47.